The fourth-order valence-electron chi connectivity index (χ4n) is 4.40. The van der Waals surface area contributed by atoms with Gasteiger partial charge in [0.2, 0.25) is 0 Å². The Hall–Kier alpha value is 0.182. The molecule has 0 radical (unpaired) electrons. The first-order valence-corrected chi connectivity index (χ1v) is 17.4. The molecule has 1 aromatic rings. The quantitative estimate of drug-likeness (QED) is 0.0922. The average Bonchev–Trinajstić information content (AvgIpc) is 3.07. The molecule has 0 aliphatic rings. The van der Waals surface area contributed by atoms with Crippen LogP contribution >= 0.6 is 0 Å². The number of unbranched alkanes of at least 4 members (excludes halogenated alkanes) is 7. The summed E-state index contributed by atoms with van der Waals surface area (Å²) in [5.74, 6) is -0.927. The van der Waals surface area contributed by atoms with Crippen LogP contribution in [0, 0.1) is 0 Å². The van der Waals surface area contributed by atoms with E-state index in [4.69, 9.17) is 47.7 Å². The molecule has 0 aliphatic carbocycles. The summed E-state index contributed by atoms with van der Waals surface area (Å²) >= 11 is 0. The summed E-state index contributed by atoms with van der Waals surface area (Å²) in [4.78, 5) is 11.6. The number of aryl methyl sites for hydroxylation is 1. The molecule has 12 nitrogen and oxygen atoms in total. The van der Waals surface area contributed by atoms with Crippen LogP contribution in [0.1, 0.15) is 74.2 Å². The van der Waals surface area contributed by atoms with E-state index in [1.807, 2.05) is 6.07 Å². The molecule has 0 saturated heterocycles. The zero-order chi connectivity index (χ0) is 33.9. The van der Waals surface area contributed by atoms with Crippen LogP contribution in [0.4, 0.5) is 0 Å². The maximum atomic E-state index is 11.6. The van der Waals surface area contributed by atoms with Crippen LogP contribution in [-0.2, 0) is 44.3 Å². The van der Waals surface area contributed by atoms with Gasteiger partial charge < -0.3 is 57.6 Å². The molecule has 1 rings (SSSR count). The molecule has 48 heavy (non-hydrogen) atoms. The molecule has 0 atom stereocenters. The first-order valence-electron chi connectivity index (χ1n) is 17.4. The van der Waals surface area contributed by atoms with Crippen molar-refractivity contribution < 1.29 is 127 Å². The third-order valence-corrected chi connectivity index (χ3v) is 6.91. The minimum atomic E-state index is -1.23. The Morgan fingerprint density at radius 3 is 1.33 bits per heavy atom. The predicted octanol–water partition coefficient (Wildman–Crippen LogP) is 0.241. The summed E-state index contributed by atoms with van der Waals surface area (Å²) in [6, 6.07) is 5.32. The Labute approximate surface area is 347 Å². The van der Waals surface area contributed by atoms with E-state index < -0.39 is 5.97 Å². The summed E-state index contributed by atoms with van der Waals surface area (Å²) in [6.45, 7) is 9.69. The molecule has 0 aliphatic heterocycles. The van der Waals surface area contributed by atoms with Gasteiger partial charge in [-0.1, -0.05) is 57.9 Å². The molecule has 0 aromatic heterocycles. The van der Waals surface area contributed by atoms with Crippen molar-refractivity contribution in [1.29, 1.82) is 0 Å². The molecule has 1 N–H and O–H groups in total. The van der Waals surface area contributed by atoms with Gasteiger partial charge in [-0.3, -0.25) is 0 Å². The Morgan fingerprint density at radius 2 is 0.938 bits per heavy atom. The summed E-state index contributed by atoms with van der Waals surface area (Å²) in [7, 11) is 0. The van der Waals surface area contributed by atoms with E-state index >= 15 is 0 Å². The number of carbonyl (C=O) groups is 1. The Morgan fingerprint density at radius 1 is 0.562 bits per heavy atom. The molecule has 0 spiro atoms. The van der Waals surface area contributed by atoms with Crippen molar-refractivity contribution in [1.82, 2.24) is 0 Å². The van der Waals surface area contributed by atoms with Crippen molar-refractivity contribution in [2.45, 2.75) is 64.7 Å². The molecule has 13 heteroatoms. The van der Waals surface area contributed by atoms with Gasteiger partial charge in [-0.2, -0.15) is 0 Å². The average molecular weight is 807 g/mol. The molecule has 1 aromatic carbocycles. The van der Waals surface area contributed by atoms with Crippen LogP contribution in [-0.4, -0.2) is 130 Å². The predicted molar refractivity (Wildman–Crippen MR) is 176 cm³/mol. The van der Waals surface area contributed by atoms with Crippen LogP contribution in [0.3, 0.4) is 0 Å². The number of carboxylic acids is 1. The fourth-order valence-corrected chi connectivity index (χ4v) is 4.40. The zero-order valence-electron chi connectivity index (χ0n) is 29.8. The number of aliphatic hydroxyl groups is 1. The summed E-state index contributed by atoms with van der Waals surface area (Å²) in [6.07, 6.45) is 10.8. The molecule has 0 saturated carbocycles. The van der Waals surface area contributed by atoms with E-state index in [2.05, 4.69) is 6.92 Å². The van der Waals surface area contributed by atoms with E-state index in [0.717, 1.165) is 24.8 Å². The van der Waals surface area contributed by atoms with Crippen LogP contribution < -0.4 is 78.7 Å². The van der Waals surface area contributed by atoms with Gasteiger partial charge in [-0.25, -0.2) is 0 Å². The van der Waals surface area contributed by atoms with Crippen LogP contribution in [0.5, 0.6) is 5.75 Å². The smallest absolute Gasteiger partial charge is 0.545 e. The summed E-state index contributed by atoms with van der Waals surface area (Å²) in [5.41, 5.74) is 1.08. The SMILES string of the molecule is CCCCCCCCCCc1ccc(OCCOCCOCCOCCOCCOCCOCCOCCOCCO)c(C(=O)[O-])c1.[Cs+]. The van der Waals surface area contributed by atoms with E-state index in [9.17, 15) is 9.90 Å². The van der Waals surface area contributed by atoms with Crippen LogP contribution in [0.2, 0.25) is 0 Å². The standard InChI is InChI=1S/C35H62O12.Cs/c1-2-3-4-5-6-7-8-9-10-32-11-12-34(33(31-32)35(37)38)47-30-29-46-28-27-45-26-25-44-24-23-43-22-21-42-20-19-41-18-17-40-16-15-39-14-13-36;/h11-12,31,36H,2-10,13-30H2,1H3,(H,37,38);/q;+1/p-1. The number of benzene rings is 1. The molecule has 0 heterocycles. The maximum Gasteiger partial charge on any atom is 1.00 e. The minimum Gasteiger partial charge on any atom is -0.545 e. The number of rotatable bonds is 37. The number of carboxylic acid groups (broad SMARTS) is 1. The van der Waals surface area contributed by atoms with Crippen molar-refractivity contribution in [3.8, 4) is 5.75 Å². The van der Waals surface area contributed by atoms with Gasteiger partial charge in [0.15, 0.2) is 0 Å². The van der Waals surface area contributed by atoms with Crippen molar-refractivity contribution in [2.75, 3.05) is 119 Å². The van der Waals surface area contributed by atoms with E-state index in [1.54, 1.807) is 12.1 Å². The molecular formula is C35H61CsO12. The number of hydrogen-bond acceptors (Lipinski definition) is 12. The largest absolute Gasteiger partial charge is 1.00 e. The second kappa shape index (κ2) is 38.4. The van der Waals surface area contributed by atoms with Crippen molar-refractivity contribution in [2.24, 2.45) is 0 Å². The molecule has 0 unspecified atom stereocenters. The Bertz CT molecular complexity index is 833. The topological polar surface area (TPSA) is 143 Å². The first-order chi connectivity index (χ1) is 23.2. The van der Waals surface area contributed by atoms with Crippen LogP contribution in [0.15, 0.2) is 18.2 Å². The van der Waals surface area contributed by atoms with Gasteiger partial charge in [0, 0.05) is 5.56 Å². The third kappa shape index (κ3) is 31.0. The normalized spacial score (nSPS) is 11.1. The second-order valence-corrected chi connectivity index (χ2v) is 10.8. The third-order valence-electron chi connectivity index (χ3n) is 6.91. The van der Waals surface area contributed by atoms with Crippen LogP contribution in [0.25, 0.3) is 0 Å². The summed E-state index contributed by atoms with van der Waals surface area (Å²) < 4.78 is 48.9. The Kier molecular flexibility index (Phi) is 38.6. The van der Waals surface area contributed by atoms with Crippen molar-refractivity contribution in [3.05, 3.63) is 29.3 Å². The van der Waals surface area contributed by atoms with Crippen molar-refractivity contribution >= 4 is 5.97 Å². The molecule has 0 fully saturated rings. The first kappa shape index (κ1) is 48.2. The van der Waals surface area contributed by atoms with Gasteiger partial charge in [-0.15, -0.1) is 0 Å². The van der Waals surface area contributed by atoms with Gasteiger partial charge in [0.1, 0.15) is 12.4 Å². The second-order valence-electron chi connectivity index (χ2n) is 10.8. The van der Waals surface area contributed by atoms with E-state index in [1.165, 1.54) is 38.5 Å². The number of carbonyl (C=O) groups excluding carboxylic acids is 1. The number of aromatic carboxylic acids is 1. The molecule has 0 bridgehead atoms. The molecule has 0 amide bonds. The van der Waals surface area contributed by atoms with E-state index in [-0.39, 0.29) is 87.7 Å². The van der Waals surface area contributed by atoms with E-state index in [0.29, 0.717) is 111 Å². The molecular weight excluding hydrogens is 745 g/mol. The monoisotopic (exact) mass is 806 g/mol. The minimum absolute atomic E-state index is 0. The van der Waals surface area contributed by atoms with Gasteiger partial charge in [-0.05, 0) is 30.5 Å². The van der Waals surface area contributed by atoms with Gasteiger partial charge in [0.05, 0.1) is 118 Å². The van der Waals surface area contributed by atoms with Crippen molar-refractivity contribution in [3.63, 3.8) is 0 Å². The molecule has 274 valence electrons. The number of ether oxygens (including phenoxy) is 9. The fraction of sp³-hybridized carbons (Fsp3) is 0.800. The number of hydrogen-bond donors (Lipinski definition) is 1. The van der Waals surface area contributed by atoms with Gasteiger partial charge in [0.25, 0.3) is 0 Å². The maximum absolute atomic E-state index is 11.6. The zero-order valence-corrected chi connectivity index (χ0v) is 36.0. The summed E-state index contributed by atoms with van der Waals surface area (Å²) in [5, 5.41) is 20.2. The number of aliphatic hydroxyl groups excluding tert-OH is 1. The van der Waals surface area contributed by atoms with Gasteiger partial charge >= 0.3 is 68.9 Å². The Balaban J connectivity index is 0.0000221.